The van der Waals surface area contributed by atoms with Crippen LogP contribution >= 0.6 is 0 Å². The monoisotopic (exact) mass is 514 g/mol. The number of aromatic nitrogens is 2. The number of benzene rings is 1. The zero-order chi connectivity index (χ0) is 27.0. The van der Waals surface area contributed by atoms with Gasteiger partial charge in [-0.2, -0.15) is 18.3 Å². The summed E-state index contributed by atoms with van der Waals surface area (Å²) in [4.78, 5) is 25.3. The molecule has 11 heteroatoms. The first kappa shape index (κ1) is 28.3. The van der Waals surface area contributed by atoms with Crippen molar-refractivity contribution in [3.05, 3.63) is 45.7 Å². The number of carbonyl (C=O) groups is 2. The molecule has 1 aromatic carbocycles. The van der Waals surface area contributed by atoms with Gasteiger partial charge in [0.2, 0.25) is 11.7 Å². The van der Waals surface area contributed by atoms with Gasteiger partial charge in [-0.05, 0) is 69.4 Å². The van der Waals surface area contributed by atoms with E-state index in [0.29, 0.717) is 16.7 Å². The normalized spacial score (nSPS) is 12.1. The summed E-state index contributed by atoms with van der Waals surface area (Å²) in [5, 5.41) is 4.15. The SMILES string of the molecule is CC(C)=C(C)c1c(S(C)(=O)=O)ccc(C(=O)c2c(C)nn(CC(C)C)c2OC(=O)C(F)(F)F)c1C. The number of allylic oxidation sites excluding steroid dienone is 2. The van der Waals surface area contributed by atoms with Crippen molar-refractivity contribution in [3.8, 4) is 5.88 Å². The van der Waals surface area contributed by atoms with E-state index in [1.807, 2.05) is 0 Å². The fourth-order valence-corrected chi connectivity index (χ4v) is 4.63. The molecule has 7 nitrogen and oxygen atoms in total. The molecule has 0 amide bonds. The Morgan fingerprint density at radius 1 is 1.09 bits per heavy atom. The zero-order valence-electron chi connectivity index (χ0n) is 20.9. The average Bonchev–Trinajstić information content (AvgIpc) is 2.98. The molecular weight excluding hydrogens is 485 g/mol. The third-order valence-electron chi connectivity index (χ3n) is 5.46. The lowest BCUT2D eigenvalue weighted by Crippen LogP contribution is -2.29. The molecule has 0 bridgehead atoms. The predicted octanol–water partition coefficient (Wildman–Crippen LogP) is 5.07. The third kappa shape index (κ3) is 6.01. The second kappa shape index (κ2) is 9.96. The van der Waals surface area contributed by atoms with Crippen LogP contribution in [0.2, 0.25) is 0 Å². The van der Waals surface area contributed by atoms with Crippen LogP contribution in [-0.4, -0.2) is 42.4 Å². The molecule has 2 aromatic rings. The number of nitrogens with zero attached hydrogens (tertiary/aromatic N) is 2. The Labute approximate surface area is 202 Å². The maximum absolute atomic E-state index is 13.7. The molecule has 35 heavy (non-hydrogen) atoms. The fourth-order valence-electron chi connectivity index (χ4n) is 3.63. The molecule has 0 saturated heterocycles. The number of sulfone groups is 1. The van der Waals surface area contributed by atoms with Crippen LogP contribution in [0, 0.1) is 19.8 Å². The van der Waals surface area contributed by atoms with E-state index in [9.17, 15) is 31.2 Å². The van der Waals surface area contributed by atoms with Gasteiger partial charge >= 0.3 is 12.1 Å². The third-order valence-corrected chi connectivity index (χ3v) is 6.60. The number of hydrogen-bond donors (Lipinski definition) is 0. The Morgan fingerprint density at radius 2 is 1.66 bits per heavy atom. The number of rotatable bonds is 7. The van der Waals surface area contributed by atoms with Crippen molar-refractivity contribution in [2.45, 2.75) is 66.1 Å². The van der Waals surface area contributed by atoms with Crippen LogP contribution in [0.4, 0.5) is 13.2 Å². The van der Waals surface area contributed by atoms with E-state index in [0.717, 1.165) is 16.5 Å². The molecule has 0 spiro atoms. The first-order chi connectivity index (χ1) is 15.9. The van der Waals surface area contributed by atoms with Gasteiger partial charge in [0.15, 0.2) is 9.84 Å². The van der Waals surface area contributed by atoms with Crippen molar-refractivity contribution in [1.29, 1.82) is 0 Å². The van der Waals surface area contributed by atoms with Crippen molar-refractivity contribution in [1.82, 2.24) is 9.78 Å². The van der Waals surface area contributed by atoms with E-state index in [-0.39, 0.29) is 34.2 Å². The minimum atomic E-state index is -5.28. The van der Waals surface area contributed by atoms with Gasteiger partial charge < -0.3 is 4.74 Å². The number of hydrogen-bond acceptors (Lipinski definition) is 6. The van der Waals surface area contributed by atoms with Gasteiger partial charge in [0.05, 0.1) is 10.6 Å². The molecule has 0 radical (unpaired) electrons. The first-order valence-electron chi connectivity index (χ1n) is 10.8. The second-order valence-corrected chi connectivity index (χ2v) is 11.1. The molecule has 0 aliphatic heterocycles. The van der Waals surface area contributed by atoms with Gasteiger partial charge in [0.25, 0.3) is 0 Å². The van der Waals surface area contributed by atoms with E-state index in [1.54, 1.807) is 41.5 Å². The van der Waals surface area contributed by atoms with Crippen LogP contribution in [0.15, 0.2) is 22.6 Å². The van der Waals surface area contributed by atoms with Gasteiger partial charge in [-0.1, -0.05) is 19.4 Å². The molecule has 0 aliphatic carbocycles. The molecule has 0 fully saturated rings. The lowest BCUT2D eigenvalue weighted by Gasteiger charge is -2.17. The summed E-state index contributed by atoms with van der Waals surface area (Å²) in [5.41, 5.74) is 1.99. The summed E-state index contributed by atoms with van der Waals surface area (Å²) in [5.74, 6) is -3.89. The highest BCUT2D eigenvalue weighted by molar-refractivity contribution is 7.90. The summed E-state index contributed by atoms with van der Waals surface area (Å²) < 4.78 is 69.5. The van der Waals surface area contributed by atoms with Gasteiger partial charge in [-0.15, -0.1) is 0 Å². The van der Waals surface area contributed by atoms with Crippen molar-refractivity contribution in [2.75, 3.05) is 6.26 Å². The van der Waals surface area contributed by atoms with Crippen molar-refractivity contribution in [3.63, 3.8) is 0 Å². The number of ether oxygens (including phenoxy) is 1. The number of halogens is 3. The molecule has 0 N–H and O–H groups in total. The molecule has 0 aliphatic rings. The minimum absolute atomic E-state index is 0.0289. The van der Waals surface area contributed by atoms with Crippen molar-refractivity contribution >= 4 is 27.2 Å². The van der Waals surface area contributed by atoms with Gasteiger partial charge in [-0.25, -0.2) is 17.9 Å². The number of alkyl halides is 3. The molecule has 1 aromatic heterocycles. The van der Waals surface area contributed by atoms with Gasteiger partial charge in [0.1, 0.15) is 5.56 Å². The molecule has 1 heterocycles. The number of aryl methyl sites for hydroxylation is 1. The summed E-state index contributed by atoms with van der Waals surface area (Å²) in [7, 11) is -3.66. The van der Waals surface area contributed by atoms with E-state index in [4.69, 9.17) is 0 Å². The van der Waals surface area contributed by atoms with Crippen LogP contribution in [0.25, 0.3) is 5.57 Å². The topological polar surface area (TPSA) is 95.3 Å². The smallest absolute Gasteiger partial charge is 0.400 e. The molecule has 0 saturated carbocycles. The Morgan fingerprint density at radius 3 is 2.11 bits per heavy atom. The summed E-state index contributed by atoms with van der Waals surface area (Å²) in [6.07, 6.45) is -4.22. The summed E-state index contributed by atoms with van der Waals surface area (Å²) in [6.45, 7) is 12.0. The van der Waals surface area contributed by atoms with Crippen LogP contribution in [0.1, 0.15) is 67.4 Å². The summed E-state index contributed by atoms with van der Waals surface area (Å²) in [6, 6.07) is 2.61. The summed E-state index contributed by atoms with van der Waals surface area (Å²) >= 11 is 0. The maximum atomic E-state index is 13.7. The highest BCUT2D eigenvalue weighted by Gasteiger charge is 2.43. The van der Waals surface area contributed by atoms with Crippen molar-refractivity contribution in [2.24, 2.45) is 5.92 Å². The van der Waals surface area contributed by atoms with E-state index >= 15 is 0 Å². The lowest BCUT2D eigenvalue weighted by atomic mass is 9.91. The second-order valence-electron chi connectivity index (χ2n) is 9.07. The van der Waals surface area contributed by atoms with Gasteiger partial charge in [0, 0.05) is 18.4 Å². The average molecular weight is 515 g/mol. The Kier molecular flexibility index (Phi) is 8.05. The largest absolute Gasteiger partial charge is 0.491 e. The maximum Gasteiger partial charge on any atom is 0.491 e. The van der Waals surface area contributed by atoms with Crippen LogP contribution < -0.4 is 4.74 Å². The number of esters is 1. The highest BCUT2D eigenvalue weighted by atomic mass is 32.2. The van der Waals surface area contributed by atoms with E-state index < -0.39 is 33.6 Å². The number of carbonyl (C=O) groups excluding carboxylic acids is 2. The lowest BCUT2D eigenvalue weighted by molar-refractivity contribution is -0.190. The molecule has 192 valence electrons. The Balaban J connectivity index is 2.83. The Bertz CT molecular complexity index is 1320. The highest BCUT2D eigenvalue weighted by Crippen LogP contribution is 2.34. The fraction of sp³-hybridized carbons (Fsp3) is 0.458. The van der Waals surface area contributed by atoms with E-state index in [2.05, 4.69) is 9.84 Å². The minimum Gasteiger partial charge on any atom is -0.400 e. The number of ketones is 1. The van der Waals surface area contributed by atoms with Gasteiger partial charge in [-0.3, -0.25) is 4.79 Å². The zero-order valence-corrected chi connectivity index (χ0v) is 21.7. The quantitative estimate of drug-likeness (QED) is 0.378. The molecule has 0 atom stereocenters. The molecular formula is C24H29F3N2O5S. The van der Waals surface area contributed by atoms with E-state index in [1.165, 1.54) is 19.1 Å². The Hall–Kier alpha value is -2.95. The predicted molar refractivity (Wildman–Crippen MR) is 125 cm³/mol. The first-order valence-corrected chi connectivity index (χ1v) is 12.7. The van der Waals surface area contributed by atoms with Crippen LogP contribution in [0.5, 0.6) is 5.88 Å². The molecule has 0 unspecified atom stereocenters. The van der Waals surface area contributed by atoms with Crippen LogP contribution in [0.3, 0.4) is 0 Å². The van der Waals surface area contributed by atoms with Crippen LogP contribution in [-0.2, 0) is 21.2 Å². The molecule has 2 rings (SSSR count). The van der Waals surface area contributed by atoms with Crippen molar-refractivity contribution < 1.29 is 35.9 Å². The standard InChI is InChI=1S/C24H29F3N2O5S/c1-12(2)11-29-22(34-23(31)24(25,26)27)20(16(7)28-29)21(30)17-9-10-18(35(8,32)33)19(15(17)6)14(5)13(3)4/h9-10,12H,11H2,1-8H3.